The Bertz CT molecular complexity index is 652. The number of carbonyl (C=O) groups is 1. The number of ketones is 1. The van der Waals surface area contributed by atoms with Gasteiger partial charge in [-0.2, -0.15) is 0 Å². The predicted octanol–water partition coefficient (Wildman–Crippen LogP) is 3.99. The summed E-state index contributed by atoms with van der Waals surface area (Å²) in [6.07, 6.45) is 0. The van der Waals surface area contributed by atoms with Gasteiger partial charge in [0, 0.05) is 11.1 Å². The second-order valence-corrected chi connectivity index (χ2v) is 4.95. The van der Waals surface area contributed by atoms with Gasteiger partial charge in [0.05, 0.1) is 7.11 Å². The SMILES string of the molecule is COc1cc(C(=O)c2c(C)cc(C)cc2C)ccc1F. The van der Waals surface area contributed by atoms with E-state index in [1.54, 1.807) is 0 Å². The molecule has 104 valence electrons. The lowest BCUT2D eigenvalue weighted by Crippen LogP contribution is -2.07. The Balaban J connectivity index is 2.52. The highest BCUT2D eigenvalue weighted by atomic mass is 19.1. The molecule has 0 aliphatic rings. The van der Waals surface area contributed by atoms with Gasteiger partial charge in [0.1, 0.15) is 0 Å². The van der Waals surface area contributed by atoms with Gasteiger partial charge in [-0.25, -0.2) is 4.39 Å². The highest BCUT2D eigenvalue weighted by Crippen LogP contribution is 2.24. The summed E-state index contributed by atoms with van der Waals surface area (Å²) in [6.45, 7) is 5.82. The minimum Gasteiger partial charge on any atom is -0.494 e. The summed E-state index contributed by atoms with van der Waals surface area (Å²) in [5.74, 6) is -0.502. The molecular weight excluding hydrogens is 255 g/mol. The maximum Gasteiger partial charge on any atom is 0.193 e. The first-order valence-electron chi connectivity index (χ1n) is 6.40. The maximum atomic E-state index is 13.4. The van der Waals surface area contributed by atoms with Crippen LogP contribution in [0.3, 0.4) is 0 Å². The Kier molecular flexibility index (Phi) is 3.89. The maximum absolute atomic E-state index is 13.4. The van der Waals surface area contributed by atoms with Crippen molar-refractivity contribution in [2.75, 3.05) is 7.11 Å². The first-order chi connectivity index (χ1) is 9.43. The van der Waals surface area contributed by atoms with Crippen molar-refractivity contribution < 1.29 is 13.9 Å². The first kappa shape index (κ1) is 14.3. The van der Waals surface area contributed by atoms with Crippen molar-refractivity contribution in [2.24, 2.45) is 0 Å². The van der Waals surface area contributed by atoms with Crippen LogP contribution in [-0.4, -0.2) is 12.9 Å². The van der Waals surface area contributed by atoms with E-state index in [1.807, 2.05) is 32.9 Å². The summed E-state index contributed by atoms with van der Waals surface area (Å²) >= 11 is 0. The molecule has 0 aliphatic carbocycles. The molecule has 0 spiro atoms. The third-order valence-corrected chi connectivity index (χ3v) is 3.32. The van der Waals surface area contributed by atoms with Crippen LogP contribution in [0.2, 0.25) is 0 Å². The fraction of sp³-hybridized carbons (Fsp3) is 0.235. The largest absolute Gasteiger partial charge is 0.494 e. The number of carbonyl (C=O) groups excluding carboxylic acids is 1. The van der Waals surface area contributed by atoms with Crippen LogP contribution in [-0.2, 0) is 0 Å². The number of hydrogen-bond acceptors (Lipinski definition) is 2. The van der Waals surface area contributed by atoms with E-state index < -0.39 is 5.82 Å². The van der Waals surface area contributed by atoms with Crippen LogP contribution in [0.15, 0.2) is 30.3 Å². The Hall–Kier alpha value is -2.16. The quantitative estimate of drug-likeness (QED) is 0.790. The highest BCUT2D eigenvalue weighted by Gasteiger charge is 2.16. The van der Waals surface area contributed by atoms with E-state index in [0.29, 0.717) is 11.1 Å². The number of hydrogen-bond donors (Lipinski definition) is 0. The molecule has 0 amide bonds. The molecule has 0 bridgehead atoms. The Labute approximate surface area is 118 Å². The van der Waals surface area contributed by atoms with Gasteiger partial charge in [0.2, 0.25) is 0 Å². The average Bonchev–Trinajstić information content (AvgIpc) is 2.37. The molecule has 0 heterocycles. The molecule has 0 atom stereocenters. The number of halogens is 1. The van der Waals surface area contributed by atoms with Crippen LogP contribution in [0.25, 0.3) is 0 Å². The van der Waals surface area contributed by atoms with E-state index in [1.165, 1.54) is 25.3 Å². The number of rotatable bonds is 3. The van der Waals surface area contributed by atoms with Gasteiger partial charge in [-0.1, -0.05) is 17.7 Å². The van der Waals surface area contributed by atoms with Crippen molar-refractivity contribution in [1.82, 2.24) is 0 Å². The van der Waals surface area contributed by atoms with Crippen molar-refractivity contribution in [1.29, 1.82) is 0 Å². The van der Waals surface area contributed by atoms with Crippen molar-refractivity contribution in [3.8, 4) is 5.75 Å². The molecule has 0 unspecified atom stereocenters. The smallest absolute Gasteiger partial charge is 0.193 e. The van der Waals surface area contributed by atoms with E-state index in [0.717, 1.165) is 16.7 Å². The van der Waals surface area contributed by atoms with Crippen molar-refractivity contribution >= 4 is 5.78 Å². The van der Waals surface area contributed by atoms with Gasteiger partial charge in [-0.15, -0.1) is 0 Å². The molecular formula is C17H17FO2. The van der Waals surface area contributed by atoms with Gasteiger partial charge < -0.3 is 4.74 Å². The van der Waals surface area contributed by atoms with Crippen LogP contribution >= 0.6 is 0 Å². The van der Waals surface area contributed by atoms with Crippen LogP contribution in [0, 0.1) is 26.6 Å². The molecule has 0 aromatic heterocycles. The van der Waals surface area contributed by atoms with E-state index in [9.17, 15) is 9.18 Å². The molecule has 2 rings (SSSR count). The molecule has 0 saturated carbocycles. The van der Waals surface area contributed by atoms with Gasteiger partial charge in [0.15, 0.2) is 17.3 Å². The molecule has 0 aliphatic heterocycles. The Morgan fingerprint density at radius 1 is 1.05 bits per heavy atom. The minimum atomic E-state index is -0.471. The Morgan fingerprint density at radius 3 is 2.20 bits per heavy atom. The highest BCUT2D eigenvalue weighted by molar-refractivity contribution is 6.11. The molecule has 0 N–H and O–H groups in total. The summed E-state index contributed by atoms with van der Waals surface area (Å²) < 4.78 is 18.3. The van der Waals surface area contributed by atoms with Crippen LogP contribution in [0.5, 0.6) is 5.75 Å². The van der Waals surface area contributed by atoms with E-state index in [-0.39, 0.29) is 11.5 Å². The molecule has 0 saturated heterocycles. The molecule has 0 radical (unpaired) electrons. The lowest BCUT2D eigenvalue weighted by molar-refractivity contribution is 0.103. The van der Waals surface area contributed by atoms with Gasteiger partial charge in [0.25, 0.3) is 0 Å². The molecule has 0 fully saturated rings. The minimum absolute atomic E-state index is 0.0817. The monoisotopic (exact) mass is 272 g/mol. The van der Waals surface area contributed by atoms with Gasteiger partial charge >= 0.3 is 0 Å². The second-order valence-electron chi connectivity index (χ2n) is 4.95. The third kappa shape index (κ3) is 2.57. The lowest BCUT2D eigenvalue weighted by atomic mass is 9.93. The molecule has 2 nitrogen and oxygen atoms in total. The van der Waals surface area contributed by atoms with E-state index in [2.05, 4.69) is 0 Å². The summed E-state index contributed by atoms with van der Waals surface area (Å²) in [7, 11) is 1.38. The fourth-order valence-corrected chi connectivity index (χ4v) is 2.48. The summed E-state index contributed by atoms with van der Waals surface area (Å²) in [5.41, 5.74) is 4.07. The zero-order valence-corrected chi connectivity index (χ0v) is 12.1. The standard InChI is InChI=1S/C17H17FO2/c1-10-7-11(2)16(12(3)8-10)17(19)13-5-6-14(18)15(9-13)20-4/h5-9H,1-4H3. The van der Waals surface area contributed by atoms with E-state index in [4.69, 9.17) is 4.74 Å². The fourth-order valence-electron chi connectivity index (χ4n) is 2.48. The zero-order valence-electron chi connectivity index (χ0n) is 12.1. The van der Waals surface area contributed by atoms with Crippen molar-refractivity contribution in [2.45, 2.75) is 20.8 Å². The Morgan fingerprint density at radius 2 is 1.65 bits per heavy atom. The summed E-state index contributed by atoms with van der Waals surface area (Å²) in [6, 6.07) is 8.13. The lowest BCUT2D eigenvalue weighted by Gasteiger charge is -2.11. The summed E-state index contributed by atoms with van der Waals surface area (Å²) in [5, 5.41) is 0. The van der Waals surface area contributed by atoms with Crippen LogP contribution in [0.1, 0.15) is 32.6 Å². The number of benzene rings is 2. The molecule has 2 aromatic carbocycles. The summed E-state index contributed by atoms with van der Waals surface area (Å²) in [4.78, 5) is 12.6. The normalized spacial score (nSPS) is 10.4. The second kappa shape index (κ2) is 5.45. The van der Waals surface area contributed by atoms with Crippen LogP contribution < -0.4 is 4.74 Å². The molecule has 20 heavy (non-hydrogen) atoms. The van der Waals surface area contributed by atoms with Gasteiger partial charge in [-0.3, -0.25) is 4.79 Å². The van der Waals surface area contributed by atoms with Gasteiger partial charge in [-0.05, 0) is 50.1 Å². The molecule has 3 heteroatoms. The van der Waals surface area contributed by atoms with Crippen LogP contribution in [0.4, 0.5) is 4.39 Å². The topological polar surface area (TPSA) is 26.3 Å². The average molecular weight is 272 g/mol. The predicted molar refractivity (Wildman–Crippen MR) is 77.0 cm³/mol. The van der Waals surface area contributed by atoms with Crippen molar-refractivity contribution in [3.05, 3.63) is 64.0 Å². The number of methoxy groups -OCH3 is 1. The number of ether oxygens (including phenoxy) is 1. The molecule has 2 aromatic rings. The zero-order chi connectivity index (χ0) is 14.9. The van der Waals surface area contributed by atoms with Crippen molar-refractivity contribution in [3.63, 3.8) is 0 Å². The number of aryl methyl sites for hydroxylation is 3. The first-order valence-corrected chi connectivity index (χ1v) is 6.40. The van der Waals surface area contributed by atoms with E-state index >= 15 is 0 Å². The third-order valence-electron chi connectivity index (χ3n) is 3.32.